The van der Waals surface area contributed by atoms with Crippen LogP contribution in [0.15, 0.2) is 27.3 Å². The predicted molar refractivity (Wildman–Crippen MR) is 108 cm³/mol. The first-order chi connectivity index (χ1) is 13.0. The maximum atomic E-state index is 13.4. The molecule has 0 unspecified atom stereocenters. The molecular formula is C18H17BrClFN4OS. The molecule has 1 saturated carbocycles. The number of nitrogens with zero attached hydrogens (tertiary/aromatic N) is 4. The van der Waals surface area contributed by atoms with E-state index in [1.54, 1.807) is 17.8 Å². The molecule has 5 nitrogen and oxygen atoms in total. The van der Waals surface area contributed by atoms with Gasteiger partial charge in [0.2, 0.25) is 0 Å². The molecule has 4 rings (SSSR count). The van der Waals surface area contributed by atoms with Gasteiger partial charge in [-0.25, -0.2) is 4.39 Å². The molecule has 3 aromatic rings. The molecule has 0 amide bonds. The Morgan fingerprint density at radius 2 is 2.19 bits per heavy atom. The highest BCUT2D eigenvalue weighted by molar-refractivity contribution is 9.10. The van der Waals surface area contributed by atoms with Crippen LogP contribution in [0.1, 0.15) is 29.8 Å². The van der Waals surface area contributed by atoms with Crippen molar-refractivity contribution in [1.82, 2.24) is 19.9 Å². The zero-order valence-electron chi connectivity index (χ0n) is 14.8. The van der Waals surface area contributed by atoms with Gasteiger partial charge in [0.05, 0.1) is 12.0 Å². The zero-order chi connectivity index (χ0) is 19.2. The van der Waals surface area contributed by atoms with E-state index < -0.39 is 5.41 Å². The van der Waals surface area contributed by atoms with Crippen molar-refractivity contribution in [2.45, 2.75) is 31.7 Å². The lowest BCUT2D eigenvalue weighted by molar-refractivity contribution is 0.413. The molecule has 0 bridgehead atoms. The number of aryl methyl sites for hydroxylation is 1. The molecule has 0 radical (unpaired) electrons. The summed E-state index contributed by atoms with van der Waals surface area (Å²) in [5.41, 5.74) is 2.21. The SMILES string of the molecule is CSCCn1nc(Br)c(C)c1-c1nc(C2(c3ccc(F)cc3Cl)CC2)no1. The fourth-order valence-corrected chi connectivity index (χ4v) is 4.35. The molecule has 2 heterocycles. The van der Waals surface area contributed by atoms with Crippen LogP contribution in [0.25, 0.3) is 11.6 Å². The lowest BCUT2D eigenvalue weighted by Gasteiger charge is -2.12. The van der Waals surface area contributed by atoms with Crippen molar-refractivity contribution in [1.29, 1.82) is 0 Å². The van der Waals surface area contributed by atoms with Crippen molar-refractivity contribution < 1.29 is 8.91 Å². The third-order valence-electron chi connectivity index (χ3n) is 4.89. The summed E-state index contributed by atoms with van der Waals surface area (Å²) in [7, 11) is 0. The average Bonchev–Trinajstić information content (AvgIpc) is 3.19. The highest BCUT2D eigenvalue weighted by Gasteiger charge is 2.51. The second-order valence-corrected chi connectivity index (χ2v) is 8.75. The van der Waals surface area contributed by atoms with Gasteiger partial charge in [-0.1, -0.05) is 22.8 Å². The summed E-state index contributed by atoms with van der Waals surface area (Å²) in [5.74, 6) is 1.59. The Balaban J connectivity index is 1.73. The van der Waals surface area contributed by atoms with Crippen molar-refractivity contribution in [3.05, 3.63) is 50.6 Å². The number of thioether (sulfide) groups is 1. The molecule has 142 valence electrons. The lowest BCUT2D eigenvalue weighted by atomic mass is 9.95. The van der Waals surface area contributed by atoms with Crippen molar-refractivity contribution >= 4 is 39.3 Å². The topological polar surface area (TPSA) is 56.7 Å². The van der Waals surface area contributed by atoms with Crippen molar-refractivity contribution in [3.8, 4) is 11.6 Å². The second kappa shape index (κ2) is 7.22. The Morgan fingerprint density at radius 1 is 1.41 bits per heavy atom. The first-order valence-electron chi connectivity index (χ1n) is 8.48. The summed E-state index contributed by atoms with van der Waals surface area (Å²) in [5, 5.41) is 9.15. The Bertz CT molecular complexity index is 1000. The van der Waals surface area contributed by atoms with Crippen molar-refractivity contribution in [2.75, 3.05) is 12.0 Å². The van der Waals surface area contributed by atoms with Gasteiger partial charge < -0.3 is 4.52 Å². The van der Waals surface area contributed by atoms with Crippen LogP contribution in [0.4, 0.5) is 4.39 Å². The summed E-state index contributed by atoms with van der Waals surface area (Å²) in [6, 6.07) is 4.46. The standard InChI is InChI=1S/C18H17BrClFN4OS/c1-10-14(25(7-8-27-2)23-15(10)19)16-22-17(24-26-16)18(5-6-18)12-4-3-11(21)9-13(12)20/h3-4,9H,5-8H2,1-2H3. The minimum Gasteiger partial charge on any atom is -0.332 e. The Morgan fingerprint density at radius 3 is 2.85 bits per heavy atom. The molecule has 1 aromatic carbocycles. The van der Waals surface area contributed by atoms with Gasteiger partial charge in [0.15, 0.2) is 5.82 Å². The van der Waals surface area contributed by atoms with Gasteiger partial charge in [-0.3, -0.25) is 4.68 Å². The number of hydrogen-bond acceptors (Lipinski definition) is 5. The van der Waals surface area contributed by atoms with Crippen LogP contribution in [0.5, 0.6) is 0 Å². The van der Waals surface area contributed by atoms with Crippen LogP contribution in [0, 0.1) is 12.7 Å². The van der Waals surface area contributed by atoms with E-state index in [0.717, 1.165) is 46.6 Å². The predicted octanol–water partition coefficient (Wildman–Crippen LogP) is 5.24. The molecule has 1 aliphatic rings. The minimum absolute atomic E-state index is 0.355. The van der Waals surface area contributed by atoms with Crippen LogP contribution >= 0.6 is 39.3 Å². The zero-order valence-corrected chi connectivity index (χ0v) is 18.0. The summed E-state index contributed by atoms with van der Waals surface area (Å²) in [6.07, 6.45) is 3.76. The fraction of sp³-hybridized carbons (Fsp3) is 0.389. The number of hydrogen-bond donors (Lipinski definition) is 0. The molecule has 0 atom stereocenters. The van der Waals surface area contributed by atoms with Gasteiger partial charge in [-0.05, 0) is 59.6 Å². The van der Waals surface area contributed by atoms with E-state index in [1.807, 2.05) is 11.6 Å². The molecule has 27 heavy (non-hydrogen) atoms. The highest BCUT2D eigenvalue weighted by atomic mass is 79.9. The van der Waals surface area contributed by atoms with E-state index in [0.29, 0.717) is 16.7 Å². The maximum Gasteiger partial charge on any atom is 0.276 e. The number of aromatic nitrogens is 4. The van der Waals surface area contributed by atoms with Crippen molar-refractivity contribution in [2.24, 2.45) is 0 Å². The normalized spacial score (nSPS) is 15.3. The summed E-state index contributed by atoms with van der Waals surface area (Å²) in [6.45, 7) is 2.71. The van der Waals surface area contributed by atoms with Gasteiger partial charge >= 0.3 is 0 Å². The van der Waals surface area contributed by atoms with E-state index >= 15 is 0 Å². The van der Waals surface area contributed by atoms with Gasteiger partial charge in [0, 0.05) is 16.3 Å². The number of rotatable bonds is 6. The lowest BCUT2D eigenvalue weighted by Crippen LogP contribution is -2.12. The maximum absolute atomic E-state index is 13.4. The number of benzene rings is 1. The smallest absolute Gasteiger partial charge is 0.276 e. The average molecular weight is 472 g/mol. The first-order valence-corrected chi connectivity index (χ1v) is 11.0. The monoisotopic (exact) mass is 470 g/mol. The third-order valence-corrected chi connectivity index (χ3v) is 6.55. The van der Waals surface area contributed by atoms with E-state index in [4.69, 9.17) is 16.1 Å². The van der Waals surface area contributed by atoms with Crippen LogP contribution in [-0.2, 0) is 12.0 Å². The molecule has 0 saturated heterocycles. The largest absolute Gasteiger partial charge is 0.332 e. The Hall–Kier alpha value is -1.38. The molecule has 0 spiro atoms. The first kappa shape index (κ1) is 19.0. The molecule has 1 fully saturated rings. The second-order valence-electron chi connectivity index (χ2n) is 6.61. The summed E-state index contributed by atoms with van der Waals surface area (Å²) in [4.78, 5) is 4.68. The number of halogens is 3. The van der Waals surface area contributed by atoms with E-state index in [2.05, 4.69) is 37.4 Å². The molecule has 1 aliphatic carbocycles. The Kier molecular flexibility index (Phi) is 5.07. The van der Waals surface area contributed by atoms with Gasteiger partial charge in [-0.15, -0.1) is 0 Å². The molecule has 0 aliphatic heterocycles. The van der Waals surface area contributed by atoms with Crippen LogP contribution in [-0.4, -0.2) is 31.9 Å². The van der Waals surface area contributed by atoms with Gasteiger partial charge in [0.25, 0.3) is 5.89 Å². The van der Waals surface area contributed by atoms with Gasteiger partial charge in [-0.2, -0.15) is 21.8 Å². The summed E-state index contributed by atoms with van der Waals surface area (Å²) < 4.78 is 21.7. The van der Waals surface area contributed by atoms with Crippen LogP contribution in [0.3, 0.4) is 0 Å². The van der Waals surface area contributed by atoms with E-state index in [9.17, 15) is 4.39 Å². The molecule has 2 aromatic heterocycles. The molecule has 0 N–H and O–H groups in total. The Labute approximate surface area is 173 Å². The highest BCUT2D eigenvalue weighted by Crippen LogP contribution is 2.54. The van der Waals surface area contributed by atoms with Crippen LogP contribution in [0.2, 0.25) is 5.02 Å². The van der Waals surface area contributed by atoms with Crippen molar-refractivity contribution in [3.63, 3.8) is 0 Å². The molecule has 9 heteroatoms. The van der Waals surface area contributed by atoms with Gasteiger partial charge in [0.1, 0.15) is 16.1 Å². The quantitative estimate of drug-likeness (QED) is 0.492. The third kappa shape index (κ3) is 3.32. The van der Waals surface area contributed by atoms with E-state index in [1.165, 1.54) is 12.1 Å². The van der Waals surface area contributed by atoms with E-state index in [-0.39, 0.29) is 5.82 Å². The molecular weight excluding hydrogens is 455 g/mol. The summed E-state index contributed by atoms with van der Waals surface area (Å²) >= 11 is 11.5. The fourth-order valence-electron chi connectivity index (χ4n) is 3.26. The minimum atomic E-state index is -0.401. The van der Waals surface area contributed by atoms with Crippen LogP contribution < -0.4 is 0 Å².